The molecule has 0 bridgehead atoms. The third kappa shape index (κ3) is 1.58. The van der Waals surface area contributed by atoms with E-state index in [1.165, 1.54) is 0 Å². The predicted octanol–water partition coefficient (Wildman–Crippen LogP) is 1.79. The number of hydrogen-bond donors (Lipinski definition) is 2. The fourth-order valence-corrected chi connectivity index (χ4v) is 1.67. The van der Waals surface area contributed by atoms with Gasteiger partial charge in [0.2, 0.25) is 0 Å². The number of carbonyl (C=O) groups excluding carboxylic acids is 1. The van der Waals surface area contributed by atoms with Crippen molar-refractivity contribution in [1.29, 1.82) is 0 Å². The van der Waals surface area contributed by atoms with Crippen molar-refractivity contribution in [2.24, 2.45) is 5.73 Å². The van der Waals surface area contributed by atoms with Gasteiger partial charge in [0.1, 0.15) is 11.3 Å². The molecule has 0 atom stereocenters. The van der Waals surface area contributed by atoms with Crippen LogP contribution in [0.25, 0.3) is 11.0 Å². The zero-order valence-electron chi connectivity index (χ0n) is 8.74. The Kier molecular flexibility index (Phi) is 2.19. The highest BCUT2D eigenvalue weighted by atomic mass is 16.1. The van der Waals surface area contributed by atoms with Crippen LogP contribution >= 0.6 is 0 Å². The van der Waals surface area contributed by atoms with Crippen molar-refractivity contribution < 1.29 is 4.79 Å². The van der Waals surface area contributed by atoms with Crippen molar-refractivity contribution in [1.82, 2.24) is 9.97 Å². The Labute approximate surface area is 87.5 Å². The average molecular weight is 203 g/mol. The minimum atomic E-state index is -0.492. The lowest BCUT2D eigenvalue weighted by molar-refractivity contribution is 0.0996. The molecule has 0 unspecified atom stereocenters. The number of primary amides is 1. The largest absolute Gasteiger partial charge is 0.364 e. The van der Waals surface area contributed by atoms with E-state index in [1.54, 1.807) is 6.07 Å². The Morgan fingerprint density at radius 3 is 2.87 bits per heavy atom. The summed E-state index contributed by atoms with van der Waals surface area (Å²) in [6, 6.07) is 3.73. The van der Waals surface area contributed by atoms with Gasteiger partial charge < -0.3 is 10.7 Å². The third-order valence-corrected chi connectivity index (χ3v) is 2.44. The van der Waals surface area contributed by atoms with Crippen LogP contribution in [0, 0.1) is 0 Å². The normalized spacial score (nSPS) is 11.1. The number of nitrogens with zero attached hydrogens (tertiary/aromatic N) is 1. The van der Waals surface area contributed by atoms with Crippen molar-refractivity contribution in [3.05, 3.63) is 29.6 Å². The number of amides is 1. The zero-order valence-corrected chi connectivity index (χ0v) is 8.74. The summed E-state index contributed by atoms with van der Waals surface area (Å²) in [4.78, 5) is 18.2. The first-order valence-electron chi connectivity index (χ1n) is 4.87. The van der Waals surface area contributed by atoms with E-state index in [4.69, 9.17) is 5.73 Å². The summed E-state index contributed by atoms with van der Waals surface area (Å²) < 4.78 is 0. The van der Waals surface area contributed by atoms with Crippen molar-refractivity contribution in [2.45, 2.75) is 19.8 Å². The molecule has 2 heterocycles. The number of carbonyl (C=O) groups is 1. The van der Waals surface area contributed by atoms with E-state index in [9.17, 15) is 4.79 Å². The quantitative estimate of drug-likeness (QED) is 0.781. The lowest BCUT2D eigenvalue weighted by atomic mass is 10.00. The van der Waals surface area contributed by atoms with Gasteiger partial charge in [-0.05, 0) is 23.6 Å². The SMILES string of the molecule is CC(C)c1cc(C(N)=O)nc2[nH]ccc12. The molecule has 2 aromatic rings. The van der Waals surface area contributed by atoms with Gasteiger partial charge in [-0.2, -0.15) is 0 Å². The molecular formula is C11H13N3O. The lowest BCUT2D eigenvalue weighted by Gasteiger charge is -2.08. The Morgan fingerprint density at radius 1 is 1.53 bits per heavy atom. The number of nitrogens with two attached hydrogens (primary N) is 1. The second-order valence-electron chi connectivity index (χ2n) is 3.86. The number of nitrogens with one attached hydrogen (secondary N) is 1. The van der Waals surface area contributed by atoms with Gasteiger partial charge in [-0.1, -0.05) is 13.8 Å². The molecule has 4 heteroatoms. The minimum absolute atomic E-state index is 0.314. The number of rotatable bonds is 2. The zero-order chi connectivity index (χ0) is 11.0. The first-order valence-corrected chi connectivity index (χ1v) is 4.87. The van der Waals surface area contributed by atoms with Crippen molar-refractivity contribution >= 4 is 16.9 Å². The highest BCUT2D eigenvalue weighted by Crippen LogP contribution is 2.24. The van der Waals surface area contributed by atoms with Crippen LogP contribution in [0.15, 0.2) is 18.3 Å². The number of pyridine rings is 1. The molecule has 0 spiro atoms. The minimum Gasteiger partial charge on any atom is -0.364 e. The molecule has 0 saturated carbocycles. The molecular weight excluding hydrogens is 190 g/mol. The van der Waals surface area contributed by atoms with E-state index >= 15 is 0 Å². The van der Waals surface area contributed by atoms with Crippen LogP contribution in [0.1, 0.15) is 35.8 Å². The van der Waals surface area contributed by atoms with E-state index < -0.39 is 5.91 Å². The predicted molar refractivity (Wildman–Crippen MR) is 58.7 cm³/mol. The summed E-state index contributed by atoms with van der Waals surface area (Å²) in [7, 11) is 0. The molecule has 4 nitrogen and oxygen atoms in total. The molecule has 0 aliphatic carbocycles. The molecule has 0 aromatic carbocycles. The fraction of sp³-hybridized carbons (Fsp3) is 0.273. The van der Waals surface area contributed by atoms with Crippen LogP contribution in [0.4, 0.5) is 0 Å². The Bertz CT molecular complexity index is 514. The first-order chi connectivity index (χ1) is 7.09. The van der Waals surface area contributed by atoms with E-state index in [-0.39, 0.29) is 0 Å². The number of fused-ring (bicyclic) bond motifs is 1. The second-order valence-corrected chi connectivity index (χ2v) is 3.86. The third-order valence-electron chi connectivity index (χ3n) is 2.44. The standard InChI is InChI=1S/C11H13N3O/c1-6(2)8-5-9(10(12)15)14-11-7(8)3-4-13-11/h3-6H,1-2H3,(H2,12,15)(H,13,14). The molecule has 15 heavy (non-hydrogen) atoms. The van der Waals surface area contributed by atoms with E-state index in [2.05, 4.69) is 23.8 Å². The molecule has 0 fully saturated rings. The summed E-state index contributed by atoms with van der Waals surface area (Å²) in [5.74, 6) is -0.155. The van der Waals surface area contributed by atoms with Gasteiger partial charge in [0.15, 0.2) is 0 Å². The van der Waals surface area contributed by atoms with Gasteiger partial charge in [-0.25, -0.2) is 4.98 Å². The van der Waals surface area contributed by atoms with Gasteiger partial charge in [0, 0.05) is 11.6 Å². The maximum absolute atomic E-state index is 11.1. The number of aromatic nitrogens is 2. The number of H-pyrrole nitrogens is 1. The van der Waals surface area contributed by atoms with Crippen LogP contribution in [0.5, 0.6) is 0 Å². The molecule has 0 radical (unpaired) electrons. The summed E-state index contributed by atoms with van der Waals surface area (Å²) in [6.45, 7) is 4.15. The topological polar surface area (TPSA) is 71.8 Å². The molecule has 2 aromatic heterocycles. The summed E-state index contributed by atoms with van der Waals surface area (Å²) >= 11 is 0. The first kappa shape index (κ1) is 9.71. The summed E-state index contributed by atoms with van der Waals surface area (Å²) in [5.41, 5.74) is 7.35. The molecule has 3 N–H and O–H groups in total. The molecule has 0 saturated heterocycles. The highest BCUT2D eigenvalue weighted by Gasteiger charge is 2.12. The fourth-order valence-electron chi connectivity index (χ4n) is 1.67. The van der Waals surface area contributed by atoms with Crippen molar-refractivity contribution in [3.63, 3.8) is 0 Å². The molecule has 1 amide bonds. The molecule has 2 rings (SSSR count). The van der Waals surface area contributed by atoms with Crippen LogP contribution in [0.3, 0.4) is 0 Å². The smallest absolute Gasteiger partial charge is 0.267 e. The van der Waals surface area contributed by atoms with Gasteiger partial charge in [-0.3, -0.25) is 4.79 Å². The highest BCUT2D eigenvalue weighted by molar-refractivity contribution is 5.94. The van der Waals surface area contributed by atoms with Gasteiger partial charge in [0.25, 0.3) is 5.91 Å². The van der Waals surface area contributed by atoms with E-state index in [0.717, 1.165) is 16.6 Å². The van der Waals surface area contributed by atoms with Gasteiger partial charge >= 0.3 is 0 Å². The van der Waals surface area contributed by atoms with Gasteiger partial charge in [0.05, 0.1) is 0 Å². The monoisotopic (exact) mass is 203 g/mol. The number of hydrogen-bond acceptors (Lipinski definition) is 2. The molecule has 0 aliphatic heterocycles. The Hall–Kier alpha value is -1.84. The maximum atomic E-state index is 11.1. The van der Waals surface area contributed by atoms with Crippen LogP contribution in [0.2, 0.25) is 0 Å². The van der Waals surface area contributed by atoms with Crippen molar-refractivity contribution in [2.75, 3.05) is 0 Å². The van der Waals surface area contributed by atoms with Crippen LogP contribution in [-0.2, 0) is 0 Å². The molecule has 78 valence electrons. The second kappa shape index (κ2) is 3.38. The lowest BCUT2D eigenvalue weighted by Crippen LogP contribution is -2.13. The van der Waals surface area contributed by atoms with Crippen LogP contribution in [-0.4, -0.2) is 15.9 Å². The van der Waals surface area contributed by atoms with Crippen LogP contribution < -0.4 is 5.73 Å². The number of aromatic amines is 1. The maximum Gasteiger partial charge on any atom is 0.267 e. The summed E-state index contributed by atoms with van der Waals surface area (Å²) in [5, 5.41) is 1.05. The Morgan fingerprint density at radius 2 is 2.27 bits per heavy atom. The van der Waals surface area contributed by atoms with E-state index in [1.807, 2.05) is 12.3 Å². The molecule has 0 aliphatic rings. The Balaban J connectivity index is 2.74. The van der Waals surface area contributed by atoms with Gasteiger partial charge in [-0.15, -0.1) is 0 Å². The van der Waals surface area contributed by atoms with Crippen molar-refractivity contribution in [3.8, 4) is 0 Å². The van der Waals surface area contributed by atoms with E-state index in [0.29, 0.717) is 11.6 Å². The average Bonchev–Trinajstić information content (AvgIpc) is 2.62. The summed E-state index contributed by atoms with van der Waals surface area (Å²) in [6.07, 6.45) is 1.81.